The quantitative estimate of drug-likeness (QED) is 0.754. The minimum absolute atomic E-state index is 0.0321. The van der Waals surface area contributed by atoms with Gasteiger partial charge in [0.15, 0.2) is 0 Å². The highest BCUT2D eigenvalue weighted by molar-refractivity contribution is 9.10. The SMILES string of the molecule is CC(CCO)NC(CN)c1cc(Cl)ccc1Br. The zero-order valence-corrected chi connectivity index (χ0v) is 12.1. The van der Waals surface area contributed by atoms with Gasteiger partial charge in [0.1, 0.15) is 0 Å². The van der Waals surface area contributed by atoms with Crippen LogP contribution in [0.5, 0.6) is 0 Å². The molecule has 0 aliphatic carbocycles. The Labute approximate surface area is 115 Å². The van der Waals surface area contributed by atoms with Crippen LogP contribution in [-0.4, -0.2) is 24.3 Å². The molecule has 2 unspecified atom stereocenters. The van der Waals surface area contributed by atoms with E-state index >= 15 is 0 Å². The Bertz CT molecular complexity index is 362. The molecule has 0 saturated carbocycles. The van der Waals surface area contributed by atoms with Gasteiger partial charge < -0.3 is 16.2 Å². The van der Waals surface area contributed by atoms with Gasteiger partial charge in [-0.15, -0.1) is 0 Å². The third-order valence-corrected chi connectivity index (χ3v) is 3.57. The number of halogens is 2. The monoisotopic (exact) mass is 320 g/mol. The number of hydrogen-bond acceptors (Lipinski definition) is 3. The van der Waals surface area contributed by atoms with Crippen molar-refractivity contribution in [2.45, 2.75) is 25.4 Å². The van der Waals surface area contributed by atoms with Crippen LogP contribution in [0.3, 0.4) is 0 Å². The van der Waals surface area contributed by atoms with Crippen LogP contribution < -0.4 is 11.1 Å². The molecule has 96 valence electrons. The summed E-state index contributed by atoms with van der Waals surface area (Å²) in [6.07, 6.45) is 0.703. The summed E-state index contributed by atoms with van der Waals surface area (Å²) in [6.45, 7) is 2.67. The molecule has 1 rings (SSSR count). The Kier molecular flexibility index (Phi) is 6.44. The number of aliphatic hydroxyl groups is 1. The van der Waals surface area contributed by atoms with E-state index in [1.54, 1.807) is 0 Å². The van der Waals surface area contributed by atoms with Crippen LogP contribution in [0.2, 0.25) is 5.02 Å². The number of benzene rings is 1. The van der Waals surface area contributed by atoms with Crippen LogP contribution in [-0.2, 0) is 0 Å². The second kappa shape index (κ2) is 7.34. The molecule has 0 radical (unpaired) electrons. The minimum Gasteiger partial charge on any atom is -0.396 e. The van der Waals surface area contributed by atoms with Crippen LogP contribution >= 0.6 is 27.5 Å². The molecule has 0 aromatic heterocycles. The standard InChI is InChI=1S/C12H18BrClN2O/c1-8(4-5-17)16-12(7-15)10-6-9(14)2-3-11(10)13/h2-3,6,8,12,16-17H,4-5,7,15H2,1H3. The molecule has 0 aliphatic heterocycles. The number of aliphatic hydroxyl groups excluding tert-OH is 1. The van der Waals surface area contributed by atoms with E-state index in [0.717, 1.165) is 10.0 Å². The van der Waals surface area contributed by atoms with Gasteiger partial charge in [-0.3, -0.25) is 0 Å². The first-order valence-corrected chi connectivity index (χ1v) is 6.77. The number of nitrogens with two attached hydrogens (primary N) is 1. The third-order valence-electron chi connectivity index (χ3n) is 2.62. The molecule has 1 aromatic rings. The molecule has 17 heavy (non-hydrogen) atoms. The van der Waals surface area contributed by atoms with Crippen LogP contribution in [0.4, 0.5) is 0 Å². The lowest BCUT2D eigenvalue weighted by molar-refractivity contribution is 0.263. The molecular formula is C12H18BrClN2O. The number of hydrogen-bond donors (Lipinski definition) is 3. The molecule has 0 saturated heterocycles. The van der Waals surface area contributed by atoms with E-state index in [0.29, 0.717) is 18.0 Å². The van der Waals surface area contributed by atoms with E-state index in [1.165, 1.54) is 0 Å². The molecule has 1 aromatic carbocycles. The smallest absolute Gasteiger partial charge is 0.0458 e. The van der Waals surface area contributed by atoms with E-state index in [1.807, 2.05) is 25.1 Å². The molecule has 0 spiro atoms. The van der Waals surface area contributed by atoms with Gasteiger partial charge in [-0.05, 0) is 37.1 Å². The highest BCUT2D eigenvalue weighted by Crippen LogP contribution is 2.26. The lowest BCUT2D eigenvalue weighted by Crippen LogP contribution is -2.35. The lowest BCUT2D eigenvalue weighted by atomic mass is 10.1. The minimum atomic E-state index is 0.0321. The van der Waals surface area contributed by atoms with Crippen molar-refractivity contribution in [3.63, 3.8) is 0 Å². The van der Waals surface area contributed by atoms with Gasteiger partial charge in [-0.1, -0.05) is 27.5 Å². The summed E-state index contributed by atoms with van der Waals surface area (Å²) in [4.78, 5) is 0. The van der Waals surface area contributed by atoms with Crippen molar-refractivity contribution in [1.82, 2.24) is 5.32 Å². The summed E-state index contributed by atoms with van der Waals surface area (Å²) in [5, 5.41) is 13.0. The fourth-order valence-electron chi connectivity index (χ4n) is 1.69. The van der Waals surface area contributed by atoms with Crippen LogP contribution in [0.15, 0.2) is 22.7 Å². The maximum Gasteiger partial charge on any atom is 0.0458 e. The topological polar surface area (TPSA) is 58.3 Å². The summed E-state index contributed by atoms with van der Waals surface area (Å²) >= 11 is 9.48. The van der Waals surface area contributed by atoms with Gasteiger partial charge in [0.05, 0.1) is 0 Å². The molecule has 0 amide bonds. The zero-order valence-electron chi connectivity index (χ0n) is 9.79. The second-order valence-corrected chi connectivity index (χ2v) is 5.32. The predicted molar refractivity (Wildman–Crippen MR) is 75.2 cm³/mol. The van der Waals surface area contributed by atoms with E-state index in [2.05, 4.69) is 21.2 Å². The zero-order chi connectivity index (χ0) is 12.8. The van der Waals surface area contributed by atoms with E-state index in [-0.39, 0.29) is 18.7 Å². The third kappa shape index (κ3) is 4.56. The highest BCUT2D eigenvalue weighted by atomic mass is 79.9. The maximum atomic E-state index is 8.89. The summed E-state index contributed by atoms with van der Waals surface area (Å²) in [5.41, 5.74) is 6.83. The number of rotatable bonds is 6. The van der Waals surface area contributed by atoms with Crippen molar-refractivity contribution < 1.29 is 5.11 Å². The maximum absolute atomic E-state index is 8.89. The Balaban J connectivity index is 2.82. The van der Waals surface area contributed by atoms with Crippen LogP contribution in [0.1, 0.15) is 24.9 Å². The fourth-order valence-corrected chi connectivity index (χ4v) is 2.39. The van der Waals surface area contributed by atoms with Crippen molar-refractivity contribution in [1.29, 1.82) is 0 Å². The summed E-state index contributed by atoms with van der Waals surface area (Å²) < 4.78 is 0.987. The van der Waals surface area contributed by atoms with E-state index in [4.69, 9.17) is 22.4 Å². The van der Waals surface area contributed by atoms with Crippen LogP contribution in [0, 0.1) is 0 Å². The van der Waals surface area contributed by atoms with Crippen LogP contribution in [0.25, 0.3) is 0 Å². The van der Waals surface area contributed by atoms with Gasteiger partial charge in [-0.25, -0.2) is 0 Å². The molecule has 4 N–H and O–H groups in total. The first-order chi connectivity index (χ1) is 8.08. The summed E-state index contributed by atoms with van der Waals surface area (Å²) in [5.74, 6) is 0. The van der Waals surface area contributed by atoms with Crippen molar-refractivity contribution in [3.05, 3.63) is 33.3 Å². The first kappa shape index (κ1) is 14.9. The summed E-state index contributed by atoms with van der Waals surface area (Å²) in [6, 6.07) is 5.89. The molecule has 2 atom stereocenters. The van der Waals surface area contributed by atoms with Gasteiger partial charge in [0, 0.05) is 34.7 Å². The largest absolute Gasteiger partial charge is 0.396 e. The molecule has 0 aliphatic rings. The van der Waals surface area contributed by atoms with Crippen molar-refractivity contribution in [2.75, 3.05) is 13.2 Å². The predicted octanol–water partition coefficient (Wildman–Crippen LogP) is 2.46. The van der Waals surface area contributed by atoms with Gasteiger partial charge in [0.2, 0.25) is 0 Å². The number of nitrogens with one attached hydrogen (secondary N) is 1. The fraction of sp³-hybridized carbons (Fsp3) is 0.500. The van der Waals surface area contributed by atoms with Crippen molar-refractivity contribution in [3.8, 4) is 0 Å². The molecule has 3 nitrogen and oxygen atoms in total. The Morgan fingerprint density at radius 2 is 2.24 bits per heavy atom. The van der Waals surface area contributed by atoms with Crippen molar-refractivity contribution >= 4 is 27.5 Å². The lowest BCUT2D eigenvalue weighted by Gasteiger charge is -2.23. The second-order valence-electron chi connectivity index (χ2n) is 4.03. The van der Waals surface area contributed by atoms with E-state index < -0.39 is 0 Å². The first-order valence-electron chi connectivity index (χ1n) is 5.60. The molecule has 0 fully saturated rings. The van der Waals surface area contributed by atoms with Gasteiger partial charge in [-0.2, -0.15) is 0 Å². The molecule has 5 heteroatoms. The Hall–Kier alpha value is -0.130. The van der Waals surface area contributed by atoms with E-state index in [9.17, 15) is 0 Å². The molecule has 0 heterocycles. The molecular weight excluding hydrogens is 304 g/mol. The van der Waals surface area contributed by atoms with Gasteiger partial charge >= 0.3 is 0 Å². The average molecular weight is 322 g/mol. The normalized spacial score (nSPS) is 14.6. The Morgan fingerprint density at radius 3 is 2.82 bits per heavy atom. The summed E-state index contributed by atoms with van der Waals surface area (Å²) in [7, 11) is 0. The average Bonchev–Trinajstić information content (AvgIpc) is 2.30. The Morgan fingerprint density at radius 1 is 1.53 bits per heavy atom. The highest BCUT2D eigenvalue weighted by Gasteiger charge is 2.15. The van der Waals surface area contributed by atoms with Gasteiger partial charge in [0.25, 0.3) is 0 Å². The molecule has 0 bridgehead atoms. The van der Waals surface area contributed by atoms with Crippen molar-refractivity contribution in [2.24, 2.45) is 5.73 Å².